The van der Waals surface area contributed by atoms with Crippen LogP contribution in [0.3, 0.4) is 0 Å². The zero-order valence-electron chi connectivity index (χ0n) is 9.85. The highest BCUT2D eigenvalue weighted by Gasteiger charge is 2.45. The van der Waals surface area contributed by atoms with Crippen LogP contribution in [0.4, 0.5) is 13.2 Å². The van der Waals surface area contributed by atoms with Crippen LogP contribution in [0.15, 0.2) is 15.7 Å². The Morgan fingerprint density at radius 1 is 1.42 bits per heavy atom. The van der Waals surface area contributed by atoms with E-state index in [1.807, 2.05) is 0 Å². The third-order valence-electron chi connectivity index (χ3n) is 2.72. The van der Waals surface area contributed by atoms with E-state index in [-0.39, 0.29) is 10.8 Å². The molecular weight excluding hydrogens is 301 g/mol. The van der Waals surface area contributed by atoms with Crippen LogP contribution in [0.25, 0.3) is 0 Å². The molecule has 4 nitrogen and oxygen atoms in total. The predicted octanol–water partition coefficient (Wildman–Crippen LogP) is 1.92. The lowest BCUT2D eigenvalue weighted by molar-refractivity contribution is -0.136. The number of nitrogens with two attached hydrogens (primary N) is 1. The summed E-state index contributed by atoms with van der Waals surface area (Å²) in [7, 11) is -4.08. The Morgan fingerprint density at radius 2 is 2.05 bits per heavy atom. The molecule has 1 saturated carbocycles. The molecule has 0 aliphatic heterocycles. The first kappa shape index (κ1) is 14.8. The fourth-order valence-corrected chi connectivity index (χ4v) is 4.68. The van der Waals surface area contributed by atoms with Gasteiger partial charge in [0.15, 0.2) is 0 Å². The van der Waals surface area contributed by atoms with E-state index in [4.69, 9.17) is 5.73 Å². The molecule has 19 heavy (non-hydrogen) atoms. The molecule has 0 aromatic carbocycles. The molecule has 0 bridgehead atoms. The molecule has 1 heterocycles. The second kappa shape index (κ2) is 5.04. The Kier molecular flexibility index (Phi) is 3.92. The summed E-state index contributed by atoms with van der Waals surface area (Å²) >= 11 is 0.904. The van der Waals surface area contributed by atoms with Crippen LogP contribution in [0, 0.1) is 0 Å². The van der Waals surface area contributed by atoms with E-state index in [1.165, 1.54) is 6.07 Å². The Hall–Kier alpha value is -0.640. The van der Waals surface area contributed by atoms with Crippen LogP contribution in [0.1, 0.15) is 18.4 Å². The maximum Gasteiger partial charge on any atom is 0.402 e. The lowest BCUT2D eigenvalue weighted by atomic mass is 10.4. The average Bonchev–Trinajstić information content (AvgIpc) is 3.00. The molecule has 1 fully saturated rings. The summed E-state index contributed by atoms with van der Waals surface area (Å²) in [6.45, 7) is -1.27. The predicted molar refractivity (Wildman–Crippen MR) is 65.2 cm³/mol. The number of thiophene rings is 1. The lowest BCUT2D eigenvalue weighted by Crippen LogP contribution is -2.40. The van der Waals surface area contributed by atoms with Crippen molar-refractivity contribution in [3.8, 4) is 0 Å². The van der Waals surface area contributed by atoms with Gasteiger partial charge >= 0.3 is 6.18 Å². The normalized spacial score (nSPS) is 17.1. The number of hydrogen-bond donors (Lipinski definition) is 1. The van der Waals surface area contributed by atoms with Gasteiger partial charge in [-0.05, 0) is 29.9 Å². The molecule has 2 rings (SSSR count). The van der Waals surface area contributed by atoms with Gasteiger partial charge in [0.25, 0.3) is 10.0 Å². The highest BCUT2D eigenvalue weighted by atomic mass is 32.2. The summed E-state index contributed by atoms with van der Waals surface area (Å²) in [6, 6.07) is 0.807. The fraction of sp³-hybridized carbons (Fsp3) is 0.600. The second-order valence-corrected chi connectivity index (χ2v) is 7.40. The van der Waals surface area contributed by atoms with Crippen molar-refractivity contribution < 1.29 is 21.6 Å². The summed E-state index contributed by atoms with van der Waals surface area (Å²) in [4.78, 5) is 0. The van der Waals surface area contributed by atoms with Crippen LogP contribution >= 0.6 is 11.3 Å². The van der Waals surface area contributed by atoms with Gasteiger partial charge in [0.1, 0.15) is 10.8 Å². The Morgan fingerprint density at radius 3 is 2.47 bits per heavy atom. The first-order chi connectivity index (χ1) is 8.74. The van der Waals surface area contributed by atoms with Crippen LogP contribution in [-0.4, -0.2) is 31.5 Å². The Bertz CT molecular complexity index is 549. The molecule has 1 aromatic rings. The summed E-state index contributed by atoms with van der Waals surface area (Å²) < 4.78 is 62.4. The van der Waals surface area contributed by atoms with Gasteiger partial charge < -0.3 is 5.73 Å². The van der Waals surface area contributed by atoms with Crippen molar-refractivity contribution in [2.45, 2.75) is 35.8 Å². The zero-order chi connectivity index (χ0) is 14.3. The monoisotopic (exact) mass is 314 g/mol. The van der Waals surface area contributed by atoms with Gasteiger partial charge in [0, 0.05) is 12.6 Å². The van der Waals surface area contributed by atoms with E-state index in [2.05, 4.69) is 0 Å². The van der Waals surface area contributed by atoms with E-state index in [9.17, 15) is 21.6 Å². The van der Waals surface area contributed by atoms with E-state index in [1.54, 1.807) is 5.38 Å². The summed E-state index contributed by atoms with van der Waals surface area (Å²) in [6.07, 6.45) is -3.58. The molecule has 1 aliphatic carbocycles. The van der Waals surface area contributed by atoms with Crippen molar-refractivity contribution in [3.05, 3.63) is 17.0 Å². The first-order valence-corrected chi connectivity index (χ1v) is 7.92. The number of nitrogens with zero attached hydrogens (tertiary/aromatic N) is 1. The molecule has 0 radical (unpaired) electrons. The minimum atomic E-state index is -4.54. The number of halogens is 3. The fourth-order valence-electron chi connectivity index (χ4n) is 1.66. The van der Waals surface area contributed by atoms with Gasteiger partial charge in [-0.15, -0.1) is 11.3 Å². The SMILES string of the molecule is NCc1csc(S(=O)(=O)N(CC(F)(F)F)C2CC2)c1. The largest absolute Gasteiger partial charge is 0.402 e. The van der Waals surface area contributed by atoms with Gasteiger partial charge in [-0.2, -0.15) is 17.5 Å². The maximum atomic E-state index is 12.5. The first-order valence-electron chi connectivity index (χ1n) is 5.60. The van der Waals surface area contributed by atoms with Gasteiger partial charge in [0.05, 0.1) is 0 Å². The zero-order valence-corrected chi connectivity index (χ0v) is 11.5. The quantitative estimate of drug-likeness (QED) is 0.903. The summed E-state index contributed by atoms with van der Waals surface area (Å²) in [5.74, 6) is 0. The number of rotatable bonds is 5. The van der Waals surface area contributed by atoms with Crippen molar-refractivity contribution in [2.75, 3.05) is 6.54 Å². The summed E-state index contributed by atoms with van der Waals surface area (Å²) in [5, 5.41) is 1.55. The number of hydrogen-bond acceptors (Lipinski definition) is 4. The smallest absolute Gasteiger partial charge is 0.326 e. The molecule has 9 heteroatoms. The molecule has 0 amide bonds. The van der Waals surface area contributed by atoms with Crippen molar-refractivity contribution in [2.24, 2.45) is 5.73 Å². The average molecular weight is 314 g/mol. The molecule has 108 valence electrons. The van der Waals surface area contributed by atoms with E-state index >= 15 is 0 Å². The van der Waals surface area contributed by atoms with Crippen LogP contribution in [0.5, 0.6) is 0 Å². The standard InChI is InChI=1S/C10H13F3N2O2S2/c11-10(12,13)6-15(8-1-2-8)19(16,17)9-3-7(4-14)5-18-9/h3,5,8H,1-2,4,6,14H2. The third-order valence-corrected chi connectivity index (χ3v) is 6.08. The van der Waals surface area contributed by atoms with Crippen molar-refractivity contribution in [1.29, 1.82) is 0 Å². The topological polar surface area (TPSA) is 63.4 Å². The highest BCUT2D eigenvalue weighted by molar-refractivity contribution is 7.91. The van der Waals surface area contributed by atoms with Crippen LogP contribution in [-0.2, 0) is 16.6 Å². The van der Waals surface area contributed by atoms with E-state index in [0.717, 1.165) is 11.3 Å². The maximum absolute atomic E-state index is 12.5. The molecule has 0 atom stereocenters. The van der Waals surface area contributed by atoms with Gasteiger partial charge in [0.2, 0.25) is 0 Å². The van der Waals surface area contributed by atoms with Gasteiger partial charge in [-0.25, -0.2) is 8.42 Å². The Balaban J connectivity index is 2.29. The number of alkyl halides is 3. The van der Waals surface area contributed by atoms with E-state index in [0.29, 0.717) is 22.7 Å². The highest BCUT2D eigenvalue weighted by Crippen LogP contribution is 2.36. The van der Waals surface area contributed by atoms with Crippen molar-refractivity contribution in [3.63, 3.8) is 0 Å². The second-order valence-electron chi connectivity index (χ2n) is 4.37. The summed E-state index contributed by atoms with van der Waals surface area (Å²) in [5.41, 5.74) is 5.98. The minimum absolute atomic E-state index is 0.0795. The molecule has 0 spiro atoms. The Labute approximate surface area is 113 Å². The molecular formula is C10H13F3N2O2S2. The van der Waals surface area contributed by atoms with Crippen molar-refractivity contribution >= 4 is 21.4 Å². The van der Waals surface area contributed by atoms with Crippen molar-refractivity contribution in [1.82, 2.24) is 4.31 Å². The molecule has 1 aromatic heterocycles. The minimum Gasteiger partial charge on any atom is -0.326 e. The number of sulfonamides is 1. The molecule has 2 N–H and O–H groups in total. The van der Waals surface area contributed by atoms with Gasteiger partial charge in [-0.3, -0.25) is 0 Å². The van der Waals surface area contributed by atoms with Gasteiger partial charge in [-0.1, -0.05) is 0 Å². The van der Waals surface area contributed by atoms with Crippen LogP contribution < -0.4 is 5.73 Å². The van der Waals surface area contributed by atoms with Crippen LogP contribution in [0.2, 0.25) is 0 Å². The van der Waals surface area contributed by atoms with E-state index < -0.39 is 28.8 Å². The molecule has 0 unspecified atom stereocenters. The lowest BCUT2D eigenvalue weighted by Gasteiger charge is -2.22. The molecule has 1 aliphatic rings. The third kappa shape index (κ3) is 3.47. The molecule has 0 saturated heterocycles.